The fraction of sp³-hybridized carbons (Fsp3) is 0.922. The second-order valence-corrected chi connectivity index (χ2v) is 22.5. The van der Waals surface area contributed by atoms with Gasteiger partial charge in [-0.15, -0.1) is 0 Å². The lowest BCUT2D eigenvalue weighted by atomic mass is 10.1. The SMILES string of the molecule is CCCC/C=C\CCCCCCCCN(CCCOC(=O)CCCCCCCCC)CC(=O)N1CCN(C(=O)CN(CCCCCCCCC)CCN(CCCCCCCCC)CCCCCCCCC)CC1. The number of rotatable bonds is 55. The summed E-state index contributed by atoms with van der Waals surface area (Å²) in [7, 11) is 0. The largest absolute Gasteiger partial charge is 0.466 e. The van der Waals surface area contributed by atoms with Gasteiger partial charge in [-0.05, 0) is 84.0 Å². The molecule has 9 nitrogen and oxygen atoms in total. The Morgan fingerprint density at radius 1 is 0.342 bits per heavy atom. The van der Waals surface area contributed by atoms with Crippen LogP contribution in [0.15, 0.2) is 12.2 Å². The summed E-state index contributed by atoms with van der Waals surface area (Å²) in [6.45, 7) is 22.1. The summed E-state index contributed by atoms with van der Waals surface area (Å²) in [6.07, 6.45) is 54.4. The van der Waals surface area contributed by atoms with Crippen LogP contribution in [-0.4, -0.2) is 134 Å². The molecule has 1 aliphatic heterocycles. The van der Waals surface area contributed by atoms with Crippen molar-refractivity contribution >= 4 is 17.8 Å². The predicted octanol–water partition coefficient (Wildman–Crippen LogP) is 16.4. The van der Waals surface area contributed by atoms with E-state index in [1.807, 2.05) is 9.80 Å². The van der Waals surface area contributed by atoms with Crippen molar-refractivity contribution in [3.8, 4) is 0 Å². The maximum Gasteiger partial charge on any atom is 0.305 e. The lowest BCUT2D eigenvalue weighted by Gasteiger charge is -2.37. The highest BCUT2D eigenvalue weighted by Crippen LogP contribution is 2.15. The summed E-state index contributed by atoms with van der Waals surface area (Å²) >= 11 is 0. The molecule has 1 fully saturated rings. The van der Waals surface area contributed by atoms with Crippen molar-refractivity contribution in [2.24, 2.45) is 0 Å². The lowest BCUT2D eigenvalue weighted by molar-refractivity contribution is -0.144. The number of unbranched alkanes of at least 4 members (excludes halogenated alkanes) is 32. The Hall–Kier alpha value is -1.97. The van der Waals surface area contributed by atoms with Gasteiger partial charge in [-0.3, -0.25) is 24.2 Å². The summed E-state index contributed by atoms with van der Waals surface area (Å²) < 4.78 is 5.67. The van der Waals surface area contributed by atoms with Gasteiger partial charge in [0.05, 0.1) is 19.7 Å². The quantitative estimate of drug-likeness (QED) is 0.0341. The minimum atomic E-state index is -0.0828. The molecule has 1 heterocycles. The van der Waals surface area contributed by atoms with Gasteiger partial charge in [0.1, 0.15) is 0 Å². The van der Waals surface area contributed by atoms with Crippen LogP contribution in [0.2, 0.25) is 0 Å². The number of hydrogen-bond acceptors (Lipinski definition) is 7. The molecule has 1 saturated heterocycles. The van der Waals surface area contributed by atoms with Gasteiger partial charge < -0.3 is 19.4 Å². The lowest BCUT2D eigenvalue weighted by Crippen LogP contribution is -2.54. The zero-order valence-electron chi connectivity index (χ0n) is 49.7. The number of nitrogens with zero attached hydrogens (tertiary/aromatic N) is 5. The minimum Gasteiger partial charge on any atom is -0.466 e. The molecule has 0 saturated carbocycles. The Bertz CT molecular complexity index is 1220. The van der Waals surface area contributed by atoms with E-state index in [0.717, 1.165) is 64.8 Å². The molecule has 0 N–H and O–H groups in total. The standard InChI is InChI=1S/C64H125N5O4/c1-6-11-16-21-26-27-28-29-30-35-40-44-50-66(52-46-59-73-64(72)47-41-36-31-22-17-12-7-2)60-62(70)68-55-57-69(58-56-68)63(71)61-67(51-45-39-34-25-20-15-10-5)54-53-65(48-42-37-32-23-18-13-8-3)49-43-38-33-24-19-14-9-4/h21,26H,6-20,22-25,27-61H2,1-5H3/b26-21-. The summed E-state index contributed by atoms with van der Waals surface area (Å²) in [5, 5.41) is 0. The molecule has 0 aromatic heterocycles. The van der Waals surface area contributed by atoms with Crippen LogP contribution in [-0.2, 0) is 19.1 Å². The zero-order valence-corrected chi connectivity index (χ0v) is 49.7. The first-order chi connectivity index (χ1) is 35.9. The first-order valence-electron chi connectivity index (χ1n) is 32.4. The fourth-order valence-corrected chi connectivity index (χ4v) is 10.5. The third kappa shape index (κ3) is 43.8. The third-order valence-corrected chi connectivity index (χ3v) is 15.5. The van der Waals surface area contributed by atoms with E-state index in [-0.39, 0.29) is 17.8 Å². The molecular weight excluding hydrogens is 903 g/mol. The van der Waals surface area contributed by atoms with Gasteiger partial charge >= 0.3 is 5.97 Å². The second kappa shape index (κ2) is 53.4. The van der Waals surface area contributed by atoms with Crippen LogP contribution in [0.1, 0.15) is 291 Å². The number of piperazine rings is 1. The molecule has 9 heteroatoms. The summed E-state index contributed by atoms with van der Waals surface area (Å²) in [5.74, 6) is 0.311. The van der Waals surface area contributed by atoms with Gasteiger partial charge in [0.15, 0.2) is 0 Å². The monoisotopic (exact) mass is 1030 g/mol. The highest BCUT2D eigenvalue weighted by Gasteiger charge is 2.26. The smallest absolute Gasteiger partial charge is 0.305 e. The number of ether oxygens (including phenoxy) is 1. The first-order valence-corrected chi connectivity index (χ1v) is 32.4. The van der Waals surface area contributed by atoms with E-state index in [1.54, 1.807) is 0 Å². The maximum absolute atomic E-state index is 14.1. The number of allylic oxidation sites excluding steroid dienone is 2. The molecule has 430 valence electrons. The summed E-state index contributed by atoms with van der Waals surface area (Å²) in [6, 6.07) is 0. The van der Waals surface area contributed by atoms with Crippen molar-refractivity contribution in [1.29, 1.82) is 0 Å². The molecule has 1 aliphatic rings. The molecule has 0 atom stereocenters. The molecule has 0 radical (unpaired) electrons. The van der Waals surface area contributed by atoms with Crippen molar-refractivity contribution in [3.63, 3.8) is 0 Å². The van der Waals surface area contributed by atoms with Crippen LogP contribution in [0, 0.1) is 0 Å². The molecule has 73 heavy (non-hydrogen) atoms. The molecule has 2 amide bonds. The molecule has 0 bridgehead atoms. The number of carbonyl (C=O) groups is 3. The highest BCUT2D eigenvalue weighted by atomic mass is 16.5. The van der Waals surface area contributed by atoms with Gasteiger partial charge in [0.2, 0.25) is 11.8 Å². The van der Waals surface area contributed by atoms with Gasteiger partial charge in [0.25, 0.3) is 0 Å². The molecule has 0 unspecified atom stereocenters. The van der Waals surface area contributed by atoms with Gasteiger partial charge in [-0.2, -0.15) is 0 Å². The van der Waals surface area contributed by atoms with Gasteiger partial charge in [-0.25, -0.2) is 0 Å². The number of amides is 2. The molecule has 0 aromatic carbocycles. The normalized spacial score (nSPS) is 13.2. The third-order valence-electron chi connectivity index (χ3n) is 15.5. The maximum atomic E-state index is 14.1. The van der Waals surface area contributed by atoms with E-state index in [9.17, 15) is 14.4 Å². The Labute approximate surface area is 454 Å². The topological polar surface area (TPSA) is 76.6 Å². The van der Waals surface area contributed by atoms with E-state index >= 15 is 0 Å². The zero-order chi connectivity index (χ0) is 52.9. The number of esters is 1. The van der Waals surface area contributed by atoms with E-state index in [1.165, 1.54) is 231 Å². The van der Waals surface area contributed by atoms with Crippen molar-refractivity contribution < 1.29 is 19.1 Å². The van der Waals surface area contributed by atoms with Crippen LogP contribution < -0.4 is 0 Å². The Kier molecular flexibility index (Phi) is 50.5. The highest BCUT2D eigenvalue weighted by molar-refractivity contribution is 5.80. The Morgan fingerprint density at radius 3 is 1.05 bits per heavy atom. The van der Waals surface area contributed by atoms with Gasteiger partial charge in [-0.1, -0.05) is 239 Å². The number of hydrogen-bond donors (Lipinski definition) is 0. The molecule has 0 aliphatic carbocycles. The van der Waals surface area contributed by atoms with Crippen molar-refractivity contribution in [3.05, 3.63) is 12.2 Å². The Morgan fingerprint density at radius 2 is 0.644 bits per heavy atom. The average molecular weight is 1030 g/mol. The van der Waals surface area contributed by atoms with Crippen LogP contribution in [0.4, 0.5) is 0 Å². The fourth-order valence-electron chi connectivity index (χ4n) is 10.5. The molecular formula is C64H125N5O4. The second-order valence-electron chi connectivity index (χ2n) is 22.5. The molecule has 1 rings (SSSR count). The molecule has 0 aromatic rings. The van der Waals surface area contributed by atoms with Crippen LogP contribution >= 0.6 is 0 Å². The van der Waals surface area contributed by atoms with E-state index in [4.69, 9.17) is 4.74 Å². The van der Waals surface area contributed by atoms with E-state index < -0.39 is 0 Å². The van der Waals surface area contributed by atoms with Crippen LogP contribution in [0.5, 0.6) is 0 Å². The van der Waals surface area contributed by atoms with Crippen molar-refractivity contribution in [1.82, 2.24) is 24.5 Å². The van der Waals surface area contributed by atoms with Crippen LogP contribution in [0.25, 0.3) is 0 Å². The minimum absolute atomic E-state index is 0.0828. The molecule has 0 spiro atoms. The van der Waals surface area contributed by atoms with Gasteiger partial charge in [0, 0.05) is 52.2 Å². The predicted molar refractivity (Wildman–Crippen MR) is 316 cm³/mol. The van der Waals surface area contributed by atoms with Crippen molar-refractivity contribution in [2.75, 3.05) is 91.7 Å². The average Bonchev–Trinajstić information content (AvgIpc) is 3.40. The van der Waals surface area contributed by atoms with Crippen LogP contribution in [0.3, 0.4) is 0 Å². The van der Waals surface area contributed by atoms with E-state index in [2.05, 4.69) is 61.5 Å². The summed E-state index contributed by atoms with van der Waals surface area (Å²) in [4.78, 5) is 52.1. The van der Waals surface area contributed by atoms with Crippen molar-refractivity contribution in [2.45, 2.75) is 291 Å². The first kappa shape index (κ1) is 69.0. The number of carbonyl (C=O) groups excluding carboxylic acids is 3. The summed E-state index contributed by atoms with van der Waals surface area (Å²) in [5.41, 5.74) is 0. The van der Waals surface area contributed by atoms with E-state index in [0.29, 0.717) is 52.3 Å². The Balaban J connectivity index is 2.80.